The minimum absolute atomic E-state index is 0.192. The molecule has 0 spiro atoms. The number of carbonyl (C=O) groups excluding carboxylic acids is 1. The number of hydrogen-bond donors (Lipinski definition) is 1. The van der Waals surface area contributed by atoms with Crippen LogP contribution in [0.4, 0.5) is 4.79 Å². The molecule has 0 bridgehead atoms. The fourth-order valence-electron chi connectivity index (χ4n) is 1.56. The zero-order valence-electron chi connectivity index (χ0n) is 5.09. The molecule has 3 heteroatoms. The van der Waals surface area contributed by atoms with Crippen LogP contribution in [-0.4, -0.2) is 18.2 Å². The Hall–Kier alpha value is -0.730. The van der Waals surface area contributed by atoms with Gasteiger partial charge in [0.15, 0.2) is 0 Å². The second-order valence-corrected chi connectivity index (χ2v) is 2.63. The highest BCUT2D eigenvalue weighted by Gasteiger charge is 2.37. The highest BCUT2D eigenvalue weighted by atomic mass is 16.6. The molecule has 2 fully saturated rings. The smallest absolute Gasteiger partial charge is 0.407 e. The second-order valence-electron chi connectivity index (χ2n) is 2.63. The van der Waals surface area contributed by atoms with E-state index < -0.39 is 0 Å². The van der Waals surface area contributed by atoms with Crippen molar-refractivity contribution in [1.29, 1.82) is 0 Å². The van der Waals surface area contributed by atoms with Gasteiger partial charge in [0.05, 0.1) is 6.04 Å². The Morgan fingerprint density at radius 2 is 2.44 bits per heavy atom. The van der Waals surface area contributed by atoms with Crippen molar-refractivity contribution >= 4 is 6.09 Å². The molecule has 2 rings (SSSR count). The molecule has 1 saturated carbocycles. The third kappa shape index (κ3) is 0.677. The number of amides is 1. The van der Waals surface area contributed by atoms with Crippen LogP contribution >= 0.6 is 0 Å². The van der Waals surface area contributed by atoms with Crippen molar-refractivity contribution in [1.82, 2.24) is 5.32 Å². The summed E-state index contributed by atoms with van der Waals surface area (Å²) in [6.07, 6.45) is 3.29. The van der Waals surface area contributed by atoms with Gasteiger partial charge in [0.2, 0.25) is 0 Å². The van der Waals surface area contributed by atoms with E-state index in [2.05, 4.69) is 5.32 Å². The maximum atomic E-state index is 10.5. The van der Waals surface area contributed by atoms with E-state index in [0.717, 1.165) is 12.8 Å². The van der Waals surface area contributed by atoms with Gasteiger partial charge in [-0.3, -0.25) is 0 Å². The standard InChI is InChI=1S/C6H9NO2/c8-6-7-4-2-1-3-5(4)9-6/h4-5H,1-3H2,(H,7,8)/t4-,5+/m1/s1. The van der Waals surface area contributed by atoms with Crippen molar-refractivity contribution in [3.05, 3.63) is 0 Å². The molecule has 1 amide bonds. The summed E-state index contributed by atoms with van der Waals surface area (Å²) in [6, 6.07) is 0.331. The molecule has 1 aliphatic carbocycles. The predicted octanol–water partition coefficient (Wildman–Crippen LogP) is 0.647. The normalized spacial score (nSPS) is 39.8. The molecule has 50 valence electrons. The SMILES string of the molecule is O=C1N[C@@H]2CCC[C@@H]2O1. The Kier molecular flexibility index (Phi) is 0.917. The fraction of sp³-hybridized carbons (Fsp3) is 0.833. The van der Waals surface area contributed by atoms with Crippen LogP contribution in [0.5, 0.6) is 0 Å². The Labute approximate surface area is 53.4 Å². The highest BCUT2D eigenvalue weighted by molar-refractivity contribution is 5.70. The molecule has 0 unspecified atom stereocenters. The largest absolute Gasteiger partial charge is 0.444 e. The topological polar surface area (TPSA) is 38.3 Å². The van der Waals surface area contributed by atoms with Crippen molar-refractivity contribution in [3.63, 3.8) is 0 Å². The van der Waals surface area contributed by atoms with Gasteiger partial charge in [-0.15, -0.1) is 0 Å². The quantitative estimate of drug-likeness (QED) is 0.518. The van der Waals surface area contributed by atoms with E-state index >= 15 is 0 Å². The molecule has 2 aliphatic rings. The lowest BCUT2D eigenvalue weighted by atomic mass is 10.2. The van der Waals surface area contributed by atoms with Crippen molar-refractivity contribution in [2.75, 3.05) is 0 Å². The van der Waals surface area contributed by atoms with Gasteiger partial charge in [-0.05, 0) is 19.3 Å². The molecule has 9 heavy (non-hydrogen) atoms. The summed E-state index contributed by atoms with van der Waals surface area (Å²) >= 11 is 0. The van der Waals surface area contributed by atoms with Crippen LogP contribution in [-0.2, 0) is 4.74 Å². The summed E-state index contributed by atoms with van der Waals surface area (Å²) in [5.41, 5.74) is 0. The Balaban J connectivity index is 2.09. The summed E-state index contributed by atoms with van der Waals surface area (Å²) in [7, 11) is 0. The first-order chi connectivity index (χ1) is 4.36. The van der Waals surface area contributed by atoms with Gasteiger partial charge < -0.3 is 10.1 Å². The van der Waals surface area contributed by atoms with Gasteiger partial charge in [0.25, 0.3) is 0 Å². The van der Waals surface area contributed by atoms with Gasteiger partial charge in [-0.25, -0.2) is 4.79 Å². The van der Waals surface area contributed by atoms with E-state index in [0.29, 0.717) is 6.04 Å². The number of fused-ring (bicyclic) bond motifs is 1. The number of alkyl carbamates (subject to hydrolysis) is 1. The summed E-state index contributed by atoms with van der Waals surface area (Å²) < 4.78 is 4.94. The van der Waals surface area contributed by atoms with Crippen LogP contribution in [0.3, 0.4) is 0 Å². The van der Waals surface area contributed by atoms with E-state index in [1.807, 2.05) is 0 Å². The minimum Gasteiger partial charge on any atom is -0.444 e. The molecule has 1 saturated heterocycles. The van der Waals surface area contributed by atoms with Gasteiger partial charge in [-0.2, -0.15) is 0 Å². The molecule has 0 radical (unpaired) electrons. The van der Waals surface area contributed by atoms with Crippen molar-refractivity contribution < 1.29 is 9.53 Å². The molecule has 1 heterocycles. The molecular formula is C6H9NO2. The van der Waals surface area contributed by atoms with Gasteiger partial charge >= 0.3 is 6.09 Å². The predicted molar refractivity (Wildman–Crippen MR) is 31.0 cm³/mol. The zero-order valence-corrected chi connectivity index (χ0v) is 5.09. The van der Waals surface area contributed by atoms with Crippen LogP contribution in [0.25, 0.3) is 0 Å². The lowest BCUT2D eigenvalue weighted by Gasteiger charge is -2.02. The molecule has 0 aromatic rings. The van der Waals surface area contributed by atoms with Gasteiger partial charge in [-0.1, -0.05) is 0 Å². The molecule has 2 atom stereocenters. The second kappa shape index (κ2) is 1.62. The fourth-order valence-corrected chi connectivity index (χ4v) is 1.56. The van der Waals surface area contributed by atoms with Crippen molar-refractivity contribution in [3.8, 4) is 0 Å². The molecule has 3 nitrogen and oxygen atoms in total. The highest BCUT2D eigenvalue weighted by Crippen LogP contribution is 2.25. The third-order valence-corrected chi connectivity index (χ3v) is 2.01. The Bertz CT molecular complexity index is 132. The molecule has 0 aromatic carbocycles. The number of nitrogens with one attached hydrogen (secondary N) is 1. The monoisotopic (exact) mass is 127 g/mol. The number of ether oxygens (including phenoxy) is 1. The first-order valence-corrected chi connectivity index (χ1v) is 3.33. The number of carbonyl (C=O) groups is 1. The Morgan fingerprint density at radius 3 is 3.22 bits per heavy atom. The lowest BCUT2D eigenvalue weighted by Crippen LogP contribution is -2.26. The first-order valence-electron chi connectivity index (χ1n) is 3.33. The van der Waals surface area contributed by atoms with Crippen molar-refractivity contribution in [2.24, 2.45) is 0 Å². The maximum Gasteiger partial charge on any atom is 0.407 e. The first kappa shape index (κ1) is 5.09. The molecule has 1 N–H and O–H groups in total. The van der Waals surface area contributed by atoms with Crippen molar-refractivity contribution in [2.45, 2.75) is 31.4 Å². The van der Waals surface area contributed by atoms with Crippen LogP contribution in [0.15, 0.2) is 0 Å². The van der Waals surface area contributed by atoms with Crippen LogP contribution in [0.2, 0.25) is 0 Å². The minimum atomic E-state index is -0.232. The van der Waals surface area contributed by atoms with E-state index in [1.54, 1.807) is 0 Å². The van der Waals surface area contributed by atoms with Gasteiger partial charge in [0.1, 0.15) is 6.10 Å². The zero-order chi connectivity index (χ0) is 6.27. The van der Waals surface area contributed by atoms with E-state index in [4.69, 9.17) is 4.74 Å². The average Bonchev–Trinajstić information content (AvgIpc) is 2.22. The van der Waals surface area contributed by atoms with Gasteiger partial charge in [0, 0.05) is 0 Å². The summed E-state index contributed by atoms with van der Waals surface area (Å²) in [5, 5.41) is 2.75. The summed E-state index contributed by atoms with van der Waals surface area (Å²) in [4.78, 5) is 10.5. The Morgan fingerprint density at radius 1 is 1.56 bits per heavy atom. The number of hydrogen-bond acceptors (Lipinski definition) is 2. The lowest BCUT2D eigenvalue weighted by molar-refractivity contribution is 0.137. The van der Waals surface area contributed by atoms with Crippen LogP contribution in [0.1, 0.15) is 19.3 Å². The van der Waals surface area contributed by atoms with E-state index in [-0.39, 0.29) is 12.2 Å². The maximum absolute atomic E-state index is 10.5. The van der Waals surface area contributed by atoms with Crippen LogP contribution in [0, 0.1) is 0 Å². The molecule has 1 aliphatic heterocycles. The third-order valence-electron chi connectivity index (χ3n) is 2.01. The summed E-state index contributed by atoms with van der Waals surface area (Å²) in [6.45, 7) is 0. The van der Waals surface area contributed by atoms with E-state index in [1.165, 1.54) is 6.42 Å². The average molecular weight is 127 g/mol. The molecule has 0 aromatic heterocycles. The molecular weight excluding hydrogens is 118 g/mol. The number of rotatable bonds is 0. The van der Waals surface area contributed by atoms with E-state index in [9.17, 15) is 4.79 Å². The van der Waals surface area contributed by atoms with Crippen LogP contribution < -0.4 is 5.32 Å². The summed E-state index contributed by atoms with van der Waals surface area (Å²) in [5.74, 6) is 0.